The van der Waals surface area contributed by atoms with Crippen LogP contribution >= 0.6 is 15.8 Å². The molecule has 0 saturated heterocycles. The van der Waals surface area contributed by atoms with E-state index in [1.807, 2.05) is 0 Å². The van der Waals surface area contributed by atoms with E-state index in [1.54, 1.807) is 0 Å². The first-order valence-electron chi connectivity index (χ1n) is 11.6. The Morgan fingerprint density at radius 2 is 0.625 bits per heavy atom. The van der Waals surface area contributed by atoms with Crippen LogP contribution in [0, 0.1) is 0 Å². The number of benzene rings is 4. The third-order valence-electron chi connectivity index (χ3n) is 5.03. The molecule has 0 unspecified atom stereocenters. The van der Waals surface area contributed by atoms with Crippen LogP contribution in [0.25, 0.3) is 0 Å². The van der Waals surface area contributed by atoms with Crippen LogP contribution < -0.4 is 21.2 Å². The maximum Gasteiger partial charge on any atom is -0.0195 e. The van der Waals surface area contributed by atoms with E-state index in [0.717, 1.165) is 0 Å². The van der Waals surface area contributed by atoms with Crippen molar-refractivity contribution in [2.45, 2.75) is 26.7 Å². The Balaban J connectivity index is 0.000000913. The maximum atomic E-state index is 2.30. The molecule has 0 fully saturated rings. The molecular formula is C30H34P2. The average Bonchev–Trinajstić information content (AvgIpc) is 2.87. The van der Waals surface area contributed by atoms with Crippen LogP contribution in [-0.4, -0.2) is 12.3 Å². The largest absolute Gasteiger partial charge is 0.0656 e. The van der Waals surface area contributed by atoms with E-state index < -0.39 is 0 Å². The fourth-order valence-corrected chi connectivity index (χ4v) is 8.59. The van der Waals surface area contributed by atoms with Crippen LogP contribution in [0.15, 0.2) is 121 Å². The Kier molecular flexibility index (Phi) is 10.7. The van der Waals surface area contributed by atoms with E-state index in [1.165, 1.54) is 46.4 Å². The summed E-state index contributed by atoms with van der Waals surface area (Å²) < 4.78 is 0. The number of hydrogen-bond donors (Lipinski definition) is 0. The van der Waals surface area contributed by atoms with Crippen molar-refractivity contribution in [1.29, 1.82) is 0 Å². The fourth-order valence-electron chi connectivity index (χ4n) is 3.63. The topological polar surface area (TPSA) is 0 Å². The zero-order valence-electron chi connectivity index (χ0n) is 19.3. The molecule has 0 saturated carbocycles. The average molecular weight is 457 g/mol. The van der Waals surface area contributed by atoms with Crippen LogP contribution in [0.3, 0.4) is 0 Å². The van der Waals surface area contributed by atoms with Gasteiger partial charge in [-0.2, -0.15) is 0 Å². The SMILES string of the molecule is CCC.c1ccc(P(CCCP(c2ccccc2)c2ccccc2)c2ccccc2)cc1. The molecular weight excluding hydrogens is 422 g/mol. The third kappa shape index (κ3) is 7.41. The van der Waals surface area contributed by atoms with E-state index in [0.29, 0.717) is 0 Å². The summed E-state index contributed by atoms with van der Waals surface area (Å²) in [6.07, 6.45) is 4.97. The molecule has 0 aromatic heterocycles. The van der Waals surface area contributed by atoms with E-state index in [9.17, 15) is 0 Å². The van der Waals surface area contributed by atoms with Gasteiger partial charge in [-0.25, -0.2) is 0 Å². The van der Waals surface area contributed by atoms with Gasteiger partial charge in [0, 0.05) is 0 Å². The zero-order chi connectivity index (χ0) is 22.4. The molecule has 0 aliphatic rings. The Morgan fingerprint density at radius 1 is 0.406 bits per heavy atom. The first-order chi connectivity index (χ1) is 15.8. The van der Waals surface area contributed by atoms with Crippen molar-refractivity contribution in [1.82, 2.24) is 0 Å². The highest BCUT2D eigenvalue weighted by Gasteiger charge is 2.17. The molecule has 0 aliphatic heterocycles. The molecule has 0 bridgehead atoms. The molecule has 32 heavy (non-hydrogen) atoms. The van der Waals surface area contributed by atoms with Gasteiger partial charge in [0.25, 0.3) is 0 Å². The van der Waals surface area contributed by atoms with Gasteiger partial charge in [-0.1, -0.05) is 142 Å². The summed E-state index contributed by atoms with van der Waals surface area (Å²) in [7, 11) is -0.618. The van der Waals surface area contributed by atoms with Gasteiger partial charge in [-0.05, 0) is 55.8 Å². The van der Waals surface area contributed by atoms with Crippen molar-refractivity contribution >= 4 is 37.1 Å². The predicted molar refractivity (Wildman–Crippen MR) is 148 cm³/mol. The summed E-state index contributed by atoms with van der Waals surface area (Å²) in [5, 5.41) is 5.94. The maximum absolute atomic E-state index is 2.30. The van der Waals surface area contributed by atoms with E-state index in [4.69, 9.17) is 0 Å². The van der Waals surface area contributed by atoms with Gasteiger partial charge in [0.05, 0.1) is 0 Å². The molecule has 0 N–H and O–H groups in total. The predicted octanol–water partition coefficient (Wildman–Crippen LogP) is 7.06. The van der Waals surface area contributed by atoms with Gasteiger partial charge in [0.2, 0.25) is 0 Å². The standard InChI is InChI=1S/C27H26P2.C3H8/c1-5-14-24(15-6-1)28(25-16-7-2-8-17-25)22-13-23-29(26-18-9-3-10-19-26)27-20-11-4-12-21-27;1-3-2/h1-12,14-21H,13,22-23H2;3H2,1-2H3. The molecule has 0 aliphatic carbocycles. The van der Waals surface area contributed by atoms with Crippen molar-refractivity contribution in [3.63, 3.8) is 0 Å². The minimum Gasteiger partial charge on any atom is -0.0656 e. The molecule has 0 atom stereocenters. The molecule has 0 heterocycles. The van der Waals surface area contributed by atoms with Gasteiger partial charge in [-0.15, -0.1) is 0 Å². The fraction of sp³-hybridized carbons (Fsp3) is 0.200. The van der Waals surface area contributed by atoms with E-state index in [2.05, 4.69) is 135 Å². The summed E-state index contributed by atoms with van der Waals surface area (Å²) in [4.78, 5) is 0. The third-order valence-corrected chi connectivity index (χ3v) is 10.2. The van der Waals surface area contributed by atoms with Crippen LogP contribution in [0.4, 0.5) is 0 Å². The highest BCUT2D eigenvalue weighted by Crippen LogP contribution is 2.39. The normalized spacial score (nSPS) is 10.6. The van der Waals surface area contributed by atoms with Crippen LogP contribution in [0.2, 0.25) is 0 Å². The van der Waals surface area contributed by atoms with Gasteiger partial charge in [0.15, 0.2) is 0 Å². The second kappa shape index (κ2) is 14.0. The lowest BCUT2D eigenvalue weighted by Gasteiger charge is -2.22. The quantitative estimate of drug-likeness (QED) is 0.249. The minimum absolute atomic E-state index is 0.309. The monoisotopic (exact) mass is 456 g/mol. The summed E-state index contributed by atoms with van der Waals surface area (Å²) in [6, 6.07) is 44.3. The Bertz CT molecular complexity index is 824. The molecule has 0 nitrogen and oxygen atoms in total. The summed E-state index contributed by atoms with van der Waals surface area (Å²) in [5.74, 6) is 0. The second-order valence-corrected chi connectivity index (χ2v) is 12.4. The van der Waals surface area contributed by atoms with E-state index >= 15 is 0 Å². The lowest BCUT2D eigenvalue weighted by Crippen LogP contribution is -2.17. The van der Waals surface area contributed by atoms with Gasteiger partial charge >= 0.3 is 0 Å². The molecule has 0 spiro atoms. The summed E-state index contributed by atoms with van der Waals surface area (Å²) in [5.41, 5.74) is 0. The second-order valence-electron chi connectivity index (χ2n) is 7.71. The molecule has 4 aromatic carbocycles. The van der Waals surface area contributed by atoms with Crippen LogP contribution in [0.1, 0.15) is 26.7 Å². The van der Waals surface area contributed by atoms with Gasteiger partial charge in [-0.3, -0.25) is 0 Å². The molecule has 4 rings (SSSR count). The first kappa shape index (κ1) is 24.4. The Hall–Kier alpha value is -2.26. The van der Waals surface area contributed by atoms with Gasteiger partial charge < -0.3 is 0 Å². The van der Waals surface area contributed by atoms with Gasteiger partial charge in [0.1, 0.15) is 0 Å². The summed E-state index contributed by atoms with van der Waals surface area (Å²) in [6.45, 7) is 4.25. The lowest BCUT2D eigenvalue weighted by atomic mass is 10.4. The Labute approximate surface area is 197 Å². The molecule has 2 heteroatoms. The lowest BCUT2D eigenvalue weighted by molar-refractivity contribution is 1.09. The Morgan fingerprint density at radius 3 is 0.844 bits per heavy atom. The zero-order valence-corrected chi connectivity index (χ0v) is 21.1. The van der Waals surface area contributed by atoms with Crippen molar-refractivity contribution in [2.75, 3.05) is 12.3 Å². The van der Waals surface area contributed by atoms with E-state index in [-0.39, 0.29) is 15.8 Å². The first-order valence-corrected chi connectivity index (χ1v) is 14.6. The number of hydrogen-bond acceptors (Lipinski definition) is 0. The van der Waals surface area contributed by atoms with Crippen molar-refractivity contribution < 1.29 is 0 Å². The minimum atomic E-state index is -0.309. The summed E-state index contributed by atoms with van der Waals surface area (Å²) >= 11 is 0. The highest BCUT2D eigenvalue weighted by atomic mass is 31.1. The molecule has 0 amide bonds. The van der Waals surface area contributed by atoms with Crippen molar-refractivity contribution in [2.24, 2.45) is 0 Å². The number of rotatable bonds is 8. The molecule has 4 aromatic rings. The van der Waals surface area contributed by atoms with Crippen molar-refractivity contribution in [3.8, 4) is 0 Å². The van der Waals surface area contributed by atoms with Crippen LogP contribution in [0.5, 0.6) is 0 Å². The van der Waals surface area contributed by atoms with Crippen molar-refractivity contribution in [3.05, 3.63) is 121 Å². The molecule has 164 valence electrons. The molecule has 0 radical (unpaired) electrons. The highest BCUT2D eigenvalue weighted by molar-refractivity contribution is 7.74. The van der Waals surface area contributed by atoms with Crippen LogP contribution in [-0.2, 0) is 0 Å². The smallest absolute Gasteiger partial charge is 0.0195 e.